The van der Waals surface area contributed by atoms with Gasteiger partial charge in [-0.15, -0.1) is 0 Å². The second-order valence-electron chi connectivity index (χ2n) is 4.04. The quantitative estimate of drug-likeness (QED) is 0.208. The topological polar surface area (TPSA) is 87.1 Å². The summed E-state index contributed by atoms with van der Waals surface area (Å²) in [5, 5.41) is 4.59. The summed E-state index contributed by atoms with van der Waals surface area (Å²) in [6, 6.07) is 0. The highest BCUT2D eigenvalue weighted by Gasteiger charge is 2.28. The lowest BCUT2D eigenvalue weighted by Gasteiger charge is -2.10. The lowest BCUT2D eigenvalue weighted by Crippen LogP contribution is -2.29. The maximum Gasteiger partial charge on any atom is 0.257 e. The molecule has 120 valence electrons. The average molecular weight is 320 g/mol. The van der Waals surface area contributed by atoms with Crippen LogP contribution in [-0.2, 0) is 4.74 Å². The summed E-state index contributed by atoms with van der Waals surface area (Å²) in [5.74, 6) is -9.10. The molecule has 0 spiro atoms. The van der Waals surface area contributed by atoms with Crippen LogP contribution in [0, 0.1) is 23.3 Å². The number of benzene rings is 1. The Labute approximate surface area is 122 Å². The molecule has 0 radical (unpaired) electrons. The molecular formula is C12H12F4N4O2. The summed E-state index contributed by atoms with van der Waals surface area (Å²) >= 11 is 0. The van der Waals surface area contributed by atoms with E-state index in [0.29, 0.717) is 6.61 Å². The molecule has 6 nitrogen and oxygen atoms in total. The lowest BCUT2D eigenvalue weighted by atomic mass is 10.1. The molecule has 1 N–H and O–H groups in total. The first-order valence-electron chi connectivity index (χ1n) is 6.22. The van der Waals surface area contributed by atoms with Crippen molar-refractivity contribution >= 4 is 11.6 Å². The van der Waals surface area contributed by atoms with Gasteiger partial charge in [0.2, 0.25) is 0 Å². The van der Waals surface area contributed by atoms with Gasteiger partial charge in [0.25, 0.3) is 5.91 Å². The largest absolute Gasteiger partial charge is 0.380 e. The SMILES string of the molecule is CCCOCCNC(=O)c1c(F)c(F)c(N=[N+]=[N-])c(F)c1F. The van der Waals surface area contributed by atoms with Gasteiger partial charge in [-0.3, -0.25) is 4.79 Å². The van der Waals surface area contributed by atoms with Crippen LogP contribution in [0.3, 0.4) is 0 Å². The molecule has 1 aromatic rings. The number of hydrogen-bond acceptors (Lipinski definition) is 3. The van der Waals surface area contributed by atoms with Crippen molar-refractivity contribution in [2.24, 2.45) is 5.11 Å². The molecule has 0 unspecified atom stereocenters. The highest BCUT2D eigenvalue weighted by Crippen LogP contribution is 2.30. The second kappa shape index (κ2) is 8.20. The number of carbonyl (C=O) groups is 1. The maximum atomic E-state index is 13.6. The molecular weight excluding hydrogens is 308 g/mol. The standard InChI is InChI=1S/C12H12F4N4O2/c1-2-4-22-5-3-18-12(21)6-7(13)9(15)11(19-20-17)10(16)8(6)14/h2-5H2,1H3,(H,18,21). The van der Waals surface area contributed by atoms with Crippen LogP contribution < -0.4 is 5.32 Å². The maximum absolute atomic E-state index is 13.6. The normalized spacial score (nSPS) is 10.2. The van der Waals surface area contributed by atoms with Crippen LogP contribution in [0.1, 0.15) is 23.7 Å². The van der Waals surface area contributed by atoms with Gasteiger partial charge in [-0.2, -0.15) is 0 Å². The first-order valence-corrected chi connectivity index (χ1v) is 6.22. The van der Waals surface area contributed by atoms with Crippen LogP contribution in [-0.4, -0.2) is 25.7 Å². The molecule has 0 aliphatic heterocycles. The fourth-order valence-corrected chi connectivity index (χ4v) is 1.52. The second-order valence-corrected chi connectivity index (χ2v) is 4.04. The van der Waals surface area contributed by atoms with Crippen LogP contribution >= 0.6 is 0 Å². The summed E-state index contributed by atoms with van der Waals surface area (Å²) in [7, 11) is 0. The van der Waals surface area contributed by atoms with Gasteiger partial charge in [0.1, 0.15) is 11.3 Å². The Hall–Kier alpha value is -2.32. The van der Waals surface area contributed by atoms with Crippen molar-refractivity contribution in [1.82, 2.24) is 5.32 Å². The van der Waals surface area contributed by atoms with Crippen LogP contribution in [0.15, 0.2) is 5.11 Å². The van der Waals surface area contributed by atoms with E-state index in [-0.39, 0.29) is 13.2 Å². The number of hydrogen-bond donors (Lipinski definition) is 1. The van der Waals surface area contributed by atoms with Crippen LogP contribution in [0.4, 0.5) is 23.2 Å². The third-order valence-corrected chi connectivity index (χ3v) is 2.49. The summed E-state index contributed by atoms with van der Waals surface area (Å²) in [4.78, 5) is 13.7. The molecule has 10 heteroatoms. The van der Waals surface area contributed by atoms with Gasteiger partial charge in [0.05, 0.1) is 6.61 Å². The Bertz CT molecular complexity index is 589. The Morgan fingerprint density at radius 3 is 2.27 bits per heavy atom. The molecule has 0 aromatic heterocycles. The van der Waals surface area contributed by atoms with E-state index >= 15 is 0 Å². The number of carbonyl (C=O) groups excluding carboxylic acids is 1. The van der Waals surface area contributed by atoms with Gasteiger partial charge in [-0.1, -0.05) is 12.0 Å². The van der Waals surface area contributed by atoms with Gasteiger partial charge in [0.15, 0.2) is 23.3 Å². The molecule has 0 aliphatic carbocycles. The third-order valence-electron chi connectivity index (χ3n) is 2.49. The van der Waals surface area contributed by atoms with Crippen molar-refractivity contribution in [1.29, 1.82) is 0 Å². The van der Waals surface area contributed by atoms with Gasteiger partial charge < -0.3 is 10.1 Å². The zero-order valence-corrected chi connectivity index (χ0v) is 11.5. The first kappa shape index (κ1) is 17.7. The minimum absolute atomic E-state index is 0.0740. The van der Waals surface area contributed by atoms with Crippen molar-refractivity contribution < 1.29 is 27.1 Å². The van der Waals surface area contributed by atoms with E-state index < -0.39 is 40.4 Å². The van der Waals surface area contributed by atoms with Crippen LogP contribution in [0.2, 0.25) is 0 Å². The predicted octanol–water partition coefficient (Wildman–Crippen LogP) is 3.34. The predicted molar refractivity (Wildman–Crippen MR) is 68.5 cm³/mol. The van der Waals surface area contributed by atoms with E-state index in [1.165, 1.54) is 0 Å². The van der Waals surface area contributed by atoms with Crippen LogP contribution in [0.25, 0.3) is 10.4 Å². The molecule has 0 atom stereocenters. The molecule has 0 bridgehead atoms. The molecule has 0 heterocycles. The van der Waals surface area contributed by atoms with E-state index in [0.717, 1.165) is 6.42 Å². The highest BCUT2D eigenvalue weighted by molar-refractivity contribution is 5.95. The fraction of sp³-hybridized carbons (Fsp3) is 0.417. The number of azide groups is 1. The van der Waals surface area contributed by atoms with Crippen molar-refractivity contribution in [2.45, 2.75) is 13.3 Å². The Morgan fingerprint density at radius 2 is 1.77 bits per heavy atom. The van der Waals surface area contributed by atoms with Crippen molar-refractivity contribution in [2.75, 3.05) is 19.8 Å². The molecule has 1 aromatic carbocycles. The summed E-state index contributed by atoms with van der Waals surface area (Å²) in [6.45, 7) is 2.27. The van der Waals surface area contributed by atoms with E-state index in [4.69, 9.17) is 10.3 Å². The number of ether oxygens (including phenoxy) is 1. The van der Waals surface area contributed by atoms with Crippen molar-refractivity contribution in [3.8, 4) is 0 Å². The van der Waals surface area contributed by atoms with Gasteiger partial charge >= 0.3 is 0 Å². The Kier molecular flexibility index (Phi) is 6.61. The zero-order valence-electron chi connectivity index (χ0n) is 11.5. The Balaban J connectivity index is 3.00. The number of halogens is 4. The molecule has 1 rings (SSSR count). The van der Waals surface area contributed by atoms with E-state index in [2.05, 4.69) is 15.3 Å². The fourth-order valence-electron chi connectivity index (χ4n) is 1.52. The molecule has 0 fully saturated rings. The number of rotatable bonds is 7. The van der Waals surface area contributed by atoms with Crippen molar-refractivity contribution in [3.63, 3.8) is 0 Å². The van der Waals surface area contributed by atoms with Gasteiger partial charge in [-0.25, -0.2) is 17.6 Å². The number of nitrogens with zero attached hydrogens (tertiary/aromatic N) is 3. The Morgan fingerprint density at radius 1 is 1.18 bits per heavy atom. The first-order chi connectivity index (χ1) is 10.5. The number of nitrogens with one attached hydrogen (secondary N) is 1. The molecule has 22 heavy (non-hydrogen) atoms. The summed E-state index contributed by atoms with van der Waals surface area (Å²) < 4.78 is 59.3. The third kappa shape index (κ3) is 3.86. The van der Waals surface area contributed by atoms with Crippen LogP contribution in [0.5, 0.6) is 0 Å². The van der Waals surface area contributed by atoms with E-state index in [9.17, 15) is 22.4 Å². The summed E-state index contributed by atoms with van der Waals surface area (Å²) in [6.07, 6.45) is 0.745. The lowest BCUT2D eigenvalue weighted by molar-refractivity contribution is 0.0905. The molecule has 1 amide bonds. The monoisotopic (exact) mass is 320 g/mol. The molecule has 0 saturated heterocycles. The zero-order chi connectivity index (χ0) is 16.7. The van der Waals surface area contributed by atoms with Gasteiger partial charge in [0, 0.05) is 18.1 Å². The minimum Gasteiger partial charge on any atom is -0.380 e. The highest BCUT2D eigenvalue weighted by atomic mass is 19.2. The van der Waals surface area contributed by atoms with E-state index in [1.807, 2.05) is 6.92 Å². The molecule has 0 aliphatic rings. The molecule has 0 saturated carbocycles. The van der Waals surface area contributed by atoms with Gasteiger partial charge in [-0.05, 0) is 12.0 Å². The average Bonchev–Trinajstić information content (AvgIpc) is 2.49. The minimum atomic E-state index is -1.94. The number of amides is 1. The smallest absolute Gasteiger partial charge is 0.257 e. The van der Waals surface area contributed by atoms with Crippen molar-refractivity contribution in [3.05, 3.63) is 39.3 Å². The van der Waals surface area contributed by atoms with E-state index in [1.54, 1.807) is 0 Å². The summed E-state index contributed by atoms with van der Waals surface area (Å²) in [5.41, 5.74) is 5.20.